The molecule has 0 fully saturated rings. The lowest BCUT2D eigenvalue weighted by molar-refractivity contribution is -0.115. The van der Waals surface area contributed by atoms with Crippen molar-refractivity contribution in [2.24, 2.45) is 0 Å². The van der Waals surface area contributed by atoms with Gasteiger partial charge in [0.1, 0.15) is 0 Å². The Labute approximate surface area is 86.9 Å². The monoisotopic (exact) mass is 207 g/mol. The van der Waals surface area contributed by atoms with Crippen molar-refractivity contribution in [3.63, 3.8) is 0 Å². The van der Waals surface area contributed by atoms with Crippen LogP contribution in [-0.2, 0) is 11.2 Å². The minimum atomic E-state index is -0.0181. The number of anilines is 1. The molecule has 14 heavy (non-hydrogen) atoms. The Morgan fingerprint density at radius 2 is 2.29 bits per heavy atom. The van der Waals surface area contributed by atoms with E-state index < -0.39 is 0 Å². The smallest absolute Gasteiger partial charge is 0.228 e. The van der Waals surface area contributed by atoms with Crippen LogP contribution < -0.4 is 5.32 Å². The van der Waals surface area contributed by atoms with E-state index >= 15 is 0 Å². The molecule has 72 valence electrons. The molecule has 0 aromatic heterocycles. The zero-order valence-electron chi connectivity index (χ0n) is 7.41. The number of benzene rings is 1. The fourth-order valence-corrected chi connectivity index (χ4v) is 1.68. The summed E-state index contributed by atoms with van der Waals surface area (Å²) in [5.41, 5.74) is 2.32. The molecule has 0 saturated carbocycles. The first-order valence-corrected chi connectivity index (χ1v) is 4.91. The molecule has 0 saturated heterocycles. The number of amides is 1. The summed E-state index contributed by atoms with van der Waals surface area (Å²) >= 11 is 3.92. The molecule has 1 aliphatic heterocycles. The lowest BCUT2D eigenvalue weighted by Crippen LogP contribution is -2.03. The maximum atomic E-state index is 11.3. The molecular formula is C10H9NO2S. The van der Waals surface area contributed by atoms with E-state index in [-0.39, 0.29) is 17.4 Å². The van der Waals surface area contributed by atoms with Crippen molar-refractivity contribution in [2.75, 3.05) is 11.1 Å². The van der Waals surface area contributed by atoms with E-state index in [0.717, 1.165) is 11.3 Å². The van der Waals surface area contributed by atoms with Crippen LogP contribution in [0, 0.1) is 0 Å². The Balaban J connectivity index is 2.37. The number of carbonyl (C=O) groups excluding carboxylic acids is 2. The molecule has 3 nitrogen and oxygen atoms in total. The first-order valence-electron chi connectivity index (χ1n) is 4.27. The van der Waals surface area contributed by atoms with Gasteiger partial charge >= 0.3 is 0 Å². The van der Waals surface area contributed by atoms with Gasteiger partial charge in [0.05, 0.1) is 12.2 Å². The molecule has 1 aromatic rings. The minimum Gasteiger partial charge on any atom is -0.326 e. The number of fused-ring (bicyclic) bond motifs is 1. The molecule has 0 atom stereocenters. The predicted octanol–water partition coefficient (Wildman–Crippen LogP) is 1.29. The summed E-state index contributed by atoms with van der Waals surface area (Å²) in [7, 11) is 0. The molecular weight excluding hydrogens is 198 g/mol. The highest BCUT2D eigenvalue weighted by molar-refractivity contribution is 7.81. The third kappa shape index (κ3) is 1.53. The number of hydrogen-bond acceptors (Lipinski definition) is 3. The molecule has 1 N–H and O–H groups in total. The van der Waals surface area contributed by atoms with E-state index in [4.69, 9.17) is 0 Å². The van der Waals surface area contributed by atoms with Crippen LogP contribution in [-0.4, -0.2) is 17.4 Å². The molecule has 0 bridgehead atoms. The predicted molar refractivity (Wildman–Crippen MR) is 57.0 cm³/mol. The van der Waals surface area contributed by atoms with E-state index in [9.17, 15) is 9.59 Å². The summed E-state index contributed by atoms with van der Waals surface area (Å²) < 4.78 is 0. The second-order valence-corrected chi connectivity index (χ2v) is 3.49. The summed E-state index contributed by atoms with van der Waals surface area (Å²) in [6, 6.07) is 5.23. The maximum Gasteiger partial charge on any atom is 0.228 e. The molecule has 2 rings (SSSR count). The minimum absolute atomic E-state index is 0.0181. The average Bonchev–Trinajstić information content (AvgIpc) is 2.55. The summed E-state index contributed by atoms with van der Waals surface area (Å²) in [5.74, 6) is 0.158. The quantitative estimate of drug-likeness (QED) is 0.567. The van der Waals surface area contributed by atoms with Gasteiger partial charge in [-0.3, -0.25) is 9.59 Å². The van der Waals surface area contributed by atoms with Gasteiger partial charge in [0.2, 0.25) is 5.91 Å². The molecule has 0 unspecified atom stereocenters. The average molecular weight is 207 g/mol. The Hall–Kier alpha value is -1.29. The summed E-state index contributed by atoms with van der Waals surface area (Å²) in [5, 5.41) is 2.71. The SMILES string of the molecule is O=C1Cc2cc(C(=O)CS)ccc2N1. The van der Waals surface area contributed by atoms with Gasteiger partial charge in [-0.15, -0.1) is 0 Å². The highest BCUT2D eigenvalue weighted by Crippen LogP contribution is 2.23. The van der Waals surface area contributed by atoms with Gasteiger partial charge in [-0.05, 0) is 23.8 Å². The Morgan fingerprint density at radius 1 is 1.50 bits per heavy atom. The molecule has 0 aliphatic carbocycles. The summed E-state index contributed by atoms with van der Waals surface area (Å²) in [6.07, 6.45) is 0.364. The number of Topliss-reactive ketones (excluding diaryl/α,β-unsaturated/α-hetero) is 1. The topological polar surface area (TPSA) is 46.2 Å². The van der Waals surface area contributed by atoms with Gasteiger partial charge in [0.15, 0.2) is 5.78 Å². The molecule has 0 spiro atoms. The lowest BCUT2D eigenvalue weighted by Gasteiger charge is -2.01. The van der Waals surface area contributed by atoms with Crippen molar-refractivity contribution in [1.82, 2.24) is 0 Å². The Bertz CT molecular complexity index is 415. The van der Waals surface area contributed by atoms with Crippen molar-refractivity contribution < 1.29 is 9.59 Å². The van der Waals surface area contributed by atoms with Gasteiger partial charge in [-0.1, -0.05) is 0 Å². The number of thiol groups is 1. The molecule has 0 radical (unpaired) electrons. The van der Waals surface area contributed by atoms with Crippen molar-refractivity contribution in [1.29, 1.82) is 0 Å². The highest BCUT2D eigenvalue weighted by Gasteiger charge is 2.18. The van der Waals surface area contributed by atoms with E-state index in [1.807, 2.05) is 0 Å². The second kappa shape index (κ2) is 3.46. The van der Waals surface area contributed by atoms with Crippen LogP contribution in [0.2, 0.25) is 0 Å². The van der Waals surface area contributed by atoms with E-state index in [0.29, 0.717) is 12.0 Å². The second-order valence-electron chi connectivity index (χ2n) is 3.18. The van der Waals surface area contributed by atoms with Gasteiger partial charge in [-0.2, -0.15) is 12.6 Å². The molecule has 1 heterocycles. The first-order chi connectivity index (χ1) is 6.70. The number of carbonyl (C=O) groups is 2. The number of nitrogens with one attached hydrogen (secondary N) is 1. The van der Waals surface area contributed by atoms with Crippen molar-refractivity contribution in [3.05, 3.63) is 29.3 Å². The van der Waals surface area contributed by atoms with Crippen molar-refractivity contribution in [2.45, 2.75) is 6.42 Å². The third-order valence-electron chi connectivity index (χ3n) is 2.20. The molecule has 4 heteroatoms. The van der Waals surface area contributed by atoms with Crippen LogP contribution in [0.1, 0.15) is 15.9 Å². The van der Waals surface area contributed by atoms with E-state index in [1.54, 1.807) is 18.2 Å². The Morgan fingerprint density at radius 3 is 3.00 bits per heavy atom. The molecule has 1 aromatic carbocycles. The Kier molecular flexibility index (Phi) is 2.29. The van der Waals surface area contributed by atoms with Crippen LogP contribution in [0.4, 0.5) is 5.69 Å². The zero-order valence-corrected chi connectivity index (χ0v) is 8.30. The maximum absolute atomic E-state index is 11.3. The van der Waals surface area contributed by atoms with Crippen LogP contribution in [0.3, 0.4) is 0 Å². The summed E-state index contributed by atoms with van der Waals surface area (Å²) in [6.45, 7) is 0. The van der Waals surface area contributed by atoms with Gasteiger partial charge in [-0.25, -0.2) is 0 Å². The third-order valence-corrected chi connectivity index (χ3v) is 2.48. The van der Waals surface area contributed by atoms with Gasteiger partial charge < -0.3 is 5.32 Å². The van der Waals surface area contributed by atoms with Gasteiger partial charge in [0.25, 0.3) is 0 Å². The fraction of sp³-hybridized carbons (Fsp3) is 0.200. The number of ketones is 1. The first kappa shape index (κ1) is 9.27. The number of hydrogen-bond donors (Lipinski definition) is 2. The largest absolute Gasteiger partial charge is 0.326 e. The molecule has 1 aliphatic rings. The van der Waals surface area contributed by atoms with Crippen molar-refractivity contribution >= 4 is 30.0 Å². The van der Waals surface area contributed by atoms with Gasteiger partial charge in [0, 0.05) is 11.3 Å². The zero-order chi connectivity index (χ0) is 10.1. The standard InChI is InChI=1S/C10H9NO2S/c12-9(5-14)6-1-2-8-7(3-6)4-10(13)11-8/h1-3,14H,4-5H2,(H,11,13). The molecule has 1 amide bonds. The van der Waals surface area contributed by atoms with E-state index in [2.05, 4.69) is 17.9 Å². The van der Waals surface area contributed by atoms with Crippen molar-refractivity contribution in [3.8, 4) is 0 Å². The highest BCUT2D eigenvalue weighted by atomic mass is 32.1. The van der Waals surface area contributed by atoms with Crippen LogP contribution >= 0.6 is 12.6 Å². The lowest BCUT2D eigenvalue weighted by atomic mass is 10.1. The van der Waals surface area contributed by atoms with Crippen LogP contribution in [0.25, 0.3) is 0 Å². The number of rotatable bonds is 2. The van der Waals surface area contributed by atoms with Crippen LogP contribution in [0.5, 0.6) is 0 Å². The normalized spacial score (nSPS) is 13.6. The van der Waals surface area contributed by atoms with Crippen LogP contribution in [0.15, 0.2) is 18.2 Å². The fourth-order valence-electron chi connectivity index (χ4n) is 1.49. The van der Waals surface area contributed by atoms with E-state index in [1.165, 1.54) is 0 Å². The summed E-state index contributed by atoms with van der Waals surface area (Å²) in [4.78, 5) is 22.4.